The topological polar surface area (TPSA) is 69.9 Å². The maximum Gasteiger partial charge on any atom is 0.112 e. The van der Waals surface area contributed by atoms with Crippen molar-refractivity contribution >= 4 is 35.6 Å². The van der Waals surface area contributed by atoms with Crippen LogP contribution in [-0.4, -0.2) is 45.5 Å². The van der Waals surface area contributed by atoms with Gasteiger partial charge in [-0.1, -0.05) is 0 Å². The van der Waals surface area contributed by atoms with Crippen LogP contribution in [-0.2, 0) is 3.07 Å². The molecule has 0 spiro atoms. The Balaban J connectivity index is 4.13. The molecule has 0 heterocycles. The molecule has 0 aromatic heterocycles. The first kappa shape index (κ1) is 12.9. The van der Waals surface area contributed by atoms with Crippen molar-refractivity contribution in [2.75, 3.05) is 6.61 Å². The van der Waals surface area contributed by atoms with E-state index in [9.17, 15) is 5.11 Å². The lowest BCUT2D eigenvalue weighted by atomic mass is 10.1. The normalized spacial score (nSPS) is 21.5. The molecule has 4 nitrogen and oxygen atoms in total. The van der Waals surface area contributed by atoms with Crippen LogP contribution in [0, 0.1) is 0 Å². The van der Waals surface area contributed by atoms with Gasteiger partial charge in [-0.05, 0) is 6.92 Å². The molecule has 0 bridgehead atoms. The van der Waals surface area contributed by atoms with E-state index in [2.05, 4.69) is 12.6 Å². The van der Waals surface area contributed by atoms with Gasteiger partial charge in [0.2, 0.25) is 0 Å². The highest BCUT2D eigenvalue weighted by Crippen LogP contribution is 2.16. The predicted molar refractivity (Wildman–Crippen MR) is 56.4 cm³/mol. The Bertz CT molecular complexity index is 124. The second kappa shape index (κ2) is 6.39. The van der Waals surface area contributed by atoms with E-state index in [0.717, 1.165) is 0 Å². The number of aliphatic hydroxyl groups is 3. The van der Waals surface area contributed by atoms with Gasteiger partial charge in [0.1, 0.15) is 35.2 Å². The number of rotatable bonds is 5. The van der Waals surface area contributed by atoms with E-state index in [4.69, 9.17) is 13.3 Å². The van der Waals surface area contributed by atoms with E-state index in [1.165, 1.54) is 6.92 Å². The summed E-state index contributed by atoms with van der Waals surface area (Å²) in [6.45, 7) is 1.24. The summed E-state index contributed by atoms with van der Waals surface area (Å²) in [7, 11) is 0. The first-order chi connectivity index (χ1) is 5.54. The summed E-state index contributed by atoms with van der Waals surface area (Å²) in [5.41, 5.74) is 0. The molecule has 0 aliphatic carbocycles. The smallest absolute Gasteiger partial charge is 0.112 e. The second-order valence-corrected chi connectivity index (χ2v) is 3.71. The zero-order valence-electron chi connectivity index (χ0n) is 6.59. The Hall–Kier alpha value is 0.920. The summed E-state index contributed by atoms with van der Waals surface area (Å²) in [4.78, 5) is 0. The SMILES string of the molecule is CC(O)C(O)C(OI)C(S)CO. The minimum Gasteiger partial charge on any atom is -0.395 e. The van der Waals surface area contributed by atoms with E-state index < -0.39 is 23.6 Å². The van der Waals surface area contributed by atoms with Crippen molar-refractivity contribution in [3.63, 3.8) is 0 Å². The van der Waals surface area contributed by atoms with Gasteiger partial charge in [0, 0.05) is 0 Å². The zero-order chi connectivity index (χ0) is 9.72. The molecule has 0 aliphatic heterocycles. The van der Waals surface area contributed by atoms with Gasteiger partial charge < -0.3 is 18.4 Å². The standard InChI is InChI=1S/C6H13IO4S/c1-3(9)5(10)6(11-7)4(12)2-8/h3-6,8-10,12H,2H2,1H3. The molecule has 4 unspecified atom stereocenters. The van der Waals surface area contributed by atoms with Crippen molar-refractivity contribution in [1.82, 2.24) is 0 Å². The number of aliphatic hydroxyl groups excluding tert-OH is 3. The van der Waals surface area contributed by atoms with Gasteiger partial charge in [0.15, 0.2) is 0 Å². The number of halogens is 1. The average molecular weight is 308 g/mol. The van der Waals surface area contributed by atoms with Crippen LogP contribution < -0.4 is 0 Å². The minimum absolute atomic E-state index is 0.208. The summed E-state index contributed by atoms with van der Waals surface area (Å²) >= 11 is 5.59. The number of hydrogen-bond donors (Lipinski definition) is 4. The van der Waals surface area contributed by atoms with Gasteiger partial charge in [-0.3, -0.25) is 0 Å². The lowest BCUT2D eigenvalue weighted by Crippen LogP contribution is -2.42. The predicted octanol–water partition coefficient (Wildman–Crippen LogP) is -0.246. The van der Waals surface area contributed by atoms with E-state index in [1.807, 2.05) is 0 Å². The van der Waals surface area contributed by atoms with Gasteiger partial charge in [-0.15, -0.1) is 0 Å². The Labute approximate surface area is 91.0 Å². The van der Waals surface area contributed by atoms with Crippen molar-refractivity contribution in [3.8, 4) is 0 Å². The lowest BCUT2D eigenvalue weighted by Gasteiger charge is -2.25. The highest BCUT2D eigenvalue weighted by molar-refractivity contribution is 14.1. The summed E-state index contributed by atoms with van der Waals surface area (Å²) in [5.74, 6) is 0. The third-order valence-electron chi connectivity index (χ3n) is 1.50. The first-order valence-electron chi connectivity index (χ1n) is 3.47. The fourth-order valence-electron chi connectivity index (χ4n) is 0.718. The molecule has 0 rings (SSSR count). The van der Waals surface area contributed by atoms with Gasteiger partial charge in [0.25, 0.3) is 0 Å². The Morgan fingerprint density at radius 3 is 2.25 bits per heavy atom. The third kappa shape index (κ3) is 3.75. The molecular formula is C6H13IO4S. The molecule has 0 amide bonds. The van der Waals surface area contributed by atoms with Gasteiger partial charge in [-0.25, -0.2) is 0 Å². The van der Waals surface area contributed by atoms with Gasteiger partial charge >= 0.3 is 0 Å². The van der Waals surface area contributed by atoms with Crippen LogP contribution in [0.1, 0.15) is 6.92 Å². The largest absolute Gasteiger partial charge is 0.395 e. The highest BCUT2D eigenvalue weighted by atomic mass is 127. The van der Waals surface area contributed by atoms with Crippen LogP contribution >= 0.6 is 35.6 Å². The summed E-state index contributed by atoms with van der Waals surface area (Å²) in [6, 6.07) is 0. The molecule has 0 aromatic carbocycles. The first-order valence-corrected chi connectivity index (χ1v) is 4.86. The van der Waals surface area contributed by atoms with Crippen LogP contribution in [0.25, 0.3) is 0 Å². The van der Waals surface area contributed by atoms with E-state index in [-0.39, 0.29) is 6.61 Å². The maximum absolute atomic E-state index is 9.35. The molecule has 0 aliphatic rings. The minimum atomic E-state index is -1.03. The molecule has 12 heavy (non-hydrogen) atoms. The van der Waals surface area contributed by atoms with E-state index in [1.54, 1.807) is 23.0 Å². The average Bonchev–Trinajstić information content (AvgIpc) is 2.05. The number of hydrogen-bond acceptors (Lipinski definition) is 5. The zero-order valence-corrected chi connectivity index (χ0v) is 9.64. The summed E-state index contributed by atoms with van der Waals surface area (Å²) in [6.07, 6.45) is -2.60. The molecule has 3 N–H and O–H groups in total. The van der Waals surface area contributed by atoms with Crippen molar-refractivity contribution in [1.29, 1.82) is 0 Å². The number of thiol groups is 1. The van der Waals surface area contributed by atoms with Crippen molar-refractivity contribution in [2.24, 2.45) is 0 Å². The maximum atomic E-state index is 9.35. The Morgan fingerprint density at radius 2 is 2.00 bits per heavy atom. The molecule has 0 fully saturated rings. The molecule has 0 saturated carbocycles. The second-order valence-electron chi connectivity index (χ2n) is 2.53. The fourth-order valence-corrected chi connectivity index (χ4v) is 1.84. The highest BCUT2D eigenvalue weighted by Gasteiger charge is 2.29. The molecular weight excluding hydrogens is 295 g/mol. The summed E-state index contributed by atoms with van der Waals surface area (Å²) < 4.78 is 4.85. The Morgan fingerprint density at radius 1 is 1.50 bits per heavy atom. The van der Waals surface area contributed by atoms with Crippen LogP contribution in [0.5, 0.6) is 0 Å². The summed E-state index contributed by atoms with van der Waals surface area (Å²) in [5, 5.41) is 26.6. The van der Waals surface area contributed by atoms with Gasteiger partial charge in [0.05, 0.1) is 18.0 Å². The molecule has 74 valence electrons. The van der Waals surface area contributed by atoms with Crippen LogP contribution in [0.4, 0.5) is 0 Å². The van der Waals surface area contributed by atoms with E-state index in [0.29, 0.717) is 0 Å². The molecule has 0 saturated heterocycles. The molecule has 0 radical (unpaired) electrons. The molecule has 6 heteroatoms. The molecule has 0 aromatic rings. The van der Waals surface area contributed by atoms with E-state index >= 15 is 0 Å². The van der Waals surface area contributed by atoms with Crippen molar-refractivity contribution in [3.05, 3.63) is 0 Å². The Kier molecular flexibility index (Phi) is 6.87. The monoisotopic (exact) mass is 308 g/mol. The van der Waals surface area contributed by atoms with Crippen LogP contribution in [0.2, 0.25) is 0 Å². The fraction of sp³-hybridized carbons (Fsp3) is 1.00. The third-order valence-corrected chi connectivity index (χ3v) is 2.54. The van der Waals surface area contributed by atoms with Gasteiger partial charge in [-0.2, -0.15) is 12.6 Å². The van der Waals surface area contributed by atoms with Crippen LogP contribution in [0.3, 0.4) is 0 Å². The quantitative estimate of drug-likeness (QED) is 0.418. The van der Waals surface area contributed by atoms with Crippen LogP contribution in [0.15, 0.2) is 0 Å². The van der Waals surface area contributed by atoms with Crippen molar-refractivity contribution in [2.45, 2.75) is 30.5 Å². The van der Waals surface area contributed by atoms with Crippen molar-refractivity contribution < 1.29 is 18.4 Å². The lowest BCUT2D eigenvalue weighted by molar-refractivity contribution is -0.0315. The molecule has 4 atom stereocenters.